The van der Waals surface area contributed by atoms with E-state index in [1.165, 1.54) is 0 Å². The van der Waals surface area contributed by atoms with Crippen LogP contribution in [-0.4, -0.2) is 41.1 Å². The lowest BCUT2D eigenvalue weighted by molar-refractivity contribution is -0.139. The summed E-state index contributed by atoms with van der Waals surface area (Å²) in [7, 11) is 0. The third-order valence-corrected chi connectivity index (χ3v) is 2.45. The molecule has 0 aliphatic carbocycles. The maximum atomic E-state index is 11.7. The molecule has 0 saturated heterocycles. The molecule has 2 N–H and O–H groups in total. The summed E-state index contributed by atoms with van der Waals surface area (Å²) in [6.07, 6.45) is 2.34. The lowest BCUT2D eigenvalue weighted by Gasteiger charge is -2.23. The van der Waals surface area contributed by atoms with E-state index in [2.05, 4.69) is 12.2 Å². The van der Waals surface area contributed by atoms with Gasteiger partial charge >= 0.3 is 12.0 Å². The van der Waals surface area contributed by atoms with Crippen molar-refractivity contribution in [2.45, 2.75) is 46.1 Å². The standard InChI is InChI=1S/C11H22N2O3/c1-4-7-8-13(6-3)11(16)12-9(5-2)10(14)15/h9H,4-8H2,1-3H3,(H,12,16)(H,14,15)/t9-/m0/s1. The molecule has 0 aromatic rings. The van der Waals surface area contributed by atoms with Crippen molar-refractivity contribution in [3.63, 3.8) is 0 Å². The molecule has 16 heavy (non-hydrogen) atoms. The Morgan fingerprint density at radius 1 is 1.31 bits per heavy atom. The molecule has 94 valence electrons. The second kappa shape index (κ2) is 7.96. The molecule has 2 amide bonds. The number of carboxylic acids is 1. The van der Waals surface area contributed by atoms with Gasteiger partial charge in [-0.3, -0.25) is 0 Å². The van der Waals surface area contributed by atoms with Gasteiger partial charge in [-0.2, -0.15) is 0 Å². The molecular weight excluding hydrogens is 208 g/mol. The fourth-order valence-corrected chi connectivity index (χ4v) is 1.33. The normalized spacial score (nSPS) is 11.9. The van der Waals surface area contributed by atoms with Crippen LogP contribution in [0.1, 0.15) is 40.0 Å². The third kappa shape index (κ3) is 5.00. The van der Waals surface area contributed by atoms with Gasteiger partial charge in [-0.15, -0.1) is 0 Å². The lowest BCUT2D eigenvalue weighted by atomic mass is 10.2. The van der Waals surface area contributed by atoms with E-state index in [4.69, 9.17) is 5.11 Å². The van der Waals surface area contributed by atoms with Gasteiger partial charge in [-0.1, -0.05) is 20.3 Å². The summed E-state index contributed by atoms with van der Waals surface area (Å²) in [6.45, 7) is 6.95. The number of nitrogens with zero attached hydrogens (tertiary/aromatic N) is 1. The Hall–Kier alpha value is -1.26. The summed E-state index contributed by atoms with van der Waals surface area (Å²) in [5, 5.41) is 11.3. The summed E-state index contributed by atoms with van der Waals surface area (Å²) in [5.74, 6) is -0.984. The minimum Gasteiger partial charge on any atom is -0.480 e. The van der Waals surface area contributed by atoms with Crippen molar-refractivity contribution >= 4 is 12.0 Å². The second-order valence-electron chi connectivity index (χ2n) is 3.68. The van der Waals surface area contributed by atoms with Gasteiger partial charge in [0.15, 0.2) is 0 Å². The van der Waals surface area contributed by atoms with Gasteiger partial charge in [0.05, 0.1) is 0 Å². The number of carbonyl (C=O) groups excluding carboxylic acids is 1. The molecule has 0 aliphatic rings. The predicted octanol–water partition coefficient (Wildman–Crippen LogP) is 1.68. The smallest absolute Gasteiger partial charge is 0.326 e. The summed E-state index contributed by atoms with van der Waals surface area (Å²) in [6, 6.07) is -1.08. The van der Waals surface area contributed by atoms with E-state index < -0.39 is 12.0 Å². The van der Waals surface area contributed by atoms with Crippen molar-refractivity contribution in [1.29, 1.82) is 0 Å². The van der Waals surface area contributed by atoms with E-state index in [1.807, 2.05) is 6.92 Å². The molecule has 0 aromatic heterocycles. The van der Waals surface area contributed by atoms with E-state index >= 15 is 0 Å². The molecular formula is C11H22N2O3. The van der Waals surface area contributed by atoms with Crippen molar-refractivity contribution in [3.8, 4) is 0 Å². The zero-order valence-corrected chi connectivity index (χ0v) is 10.3. The van der Waals surface area contributed by atoms with Gasteiger partial charge in [0.25, 0.3) is 0 Å². The zero-order chi connectivity index (χ0) is 12.6. The Balaban J connectivity index is 4.23. The first-order valence-electron chi connectivity index (χ1n) is 5.84. The number of aliphatic carboxylic acids is 1. The highest BCUT2D eigenvalue weighted by atomic mass is 16.4. The molecule has 5 heteroatoms. The summed E-state index contributed by atoms with van der Waals surface area (Å²) < 4.78 is 0. The maximum Gasteiger partial charge on any atom is 0.326 e. The molecule has 0 radical (unpaired) electrons. The van der Waals surface area contributed by atoms with Crippen LogP contribution in [0.3, 0.4) is 0 Å². The van der Waals surface area contributed by atoms with Crippen LogP contribution < -0.4 is 5.32 Å². The molecule has 1 atom stereocenters. The number of nitrogens with one attached hydrogen (secondary N) is 1. The Kier molecular flexibility index (Phi) is 7.33. The first-order chi connectivity index (χ1) is 7.56. The minimum atomic E-state index is -0.984. The molecule has 0 unspecified atom stereocenters. The Labute approximate surface area is 96.8 Å². The van der Waals surface area contributed by atoms with E-state index in [-0.39, 0.29) is 6.03 Å². The lowest BCUT2D eigenvalue weighted by Crippen LogP contribution is -2.47. The number of urea groups is 1. The molecule has 0 aliphatic heterocycles. The largest absolute Gasteiger partial charge is 0.480 e. The predicted molar refractivity (Wildman–Crippen MR) is 62.4 cm³/mol. The monoisotopic (exact) mass is 230 g/mol. The fraction of sp³-hybridized carbons (Fsp3) is 0.818. The van der Waals surface area contributed by atoms with Crippen LogP contribution in [0.5, 0.6) is 0 Å². The Morgan fingerprint density at radius 3 is 2.31 bits per heavy atom. The van der Waals surface area contributed by atoms with Crippen LogP contribution in [-0.2, 0) is 4.79 Å². The van der Waals surface area contributed by atoms with Crippen LogP contribution in [0, 0.1) is 0 Å². The molecule has 0 bridgehead atoms. The first kappa shape index (κ1) is 14.7. The van der Waals surface area contributed by atoms with Gasteiger partial charge in [0.2, 0.25) is 0 Å². The summed E-state index contributed by atoms with van der Waals surface area (Å²) in [5.41, 5.74) is 0. The van der Waals surface area contributed by atoms with Gasteiger partial charge < -0.3 is 15.3 Å². The highest BCUT2D eigenvalue weighted by molar-refractivity contribution is 5.82. The second-order valence-corrected chi connectivity index (χ2v) is 3.68. The Morgan fingerprint density at radius 2 is 1.94 bits per heavy atom. The highest BCUT2D eigenvalue weighted by Crippen LogP contribution is 1.98. The van der Waals surface area contributed by atoms with Crippen molar-refractivity contribution in [1.82, 2.24) is 10.2 Å². The average molecular weight is 230 g/mol. The number of rotatable bonds is 7. The van der Waals surface area contributed by atoms with E-state index in [9.17, 15) is 9.59 Å². The number of carbonyl (C=O) groups is 2. The third-order valence-electron chi connectivity index (χ3n) is 2.45. The number of hydrogen-bond donors (Lipinski definition) is 2. The van der Waals surface area contributed by atoms with Crippen LogP contribution in [0.2, 0.25) is 0 Å². The summed E-state index contributed by atoms with van der Waals surface area (Å²) >= 11 is 0. The van der Waals surface area contributed by atoms with Gasteiger partial charge in [0.1, 0.15) is 6.04 Å². The van der Waals surface area contributed by atoms with Crippen molar-refractivity contribution in [2.24, 2.45) is 0 Å². The van der Waals surface area contributed by atoms with Crippen LogP contribution >= 0.6 is 0 Å². The van der Waals surface area contributed by atoms with Gasteiger partial charge in [0, 0.05) is 13.1 Å². The topological polar surface area (TPSA) is 69.6 Å². The molecule has 0 rings (SSSR count). The van der Waals surface area contributed by atoms with E-state index in [0.717, 1.165) is 12.8 Å². The molecule has 0 saturated carbocycles. The maximum absolute atomic E-state index is 11.7. The number of hydrogen-bond acceptors (Lipinski definition) is 2. The van der Waals surface area contributed by atoms with Crippen molar-refractivity contribution in [2.75, 3.05) is 13.1 Å². The first-order valence-corrected chi connectivity index (χ1v) is 5.84. The highest BCUT2D eigenvalue weighted by Gasteiger charge is 2.20. The van der Waals surface area contributed by atoms with Crippen LogP contribution in [0.4, 0.5) is 4.79 Å². The average Bonchev–Trinajstić information content (AvgIpc) is 2.26. The van der Waals surface area contributed by atoms with Gasteiger partial charge in [-0.05, 0) is 19.8 Å². The SMILES string of the molecule is CCCCN(CC)C(=O)N[C@@H](CC)C(=O)O. The Bertz CT molecular complexity index is 231. The van der Waals surface area contributed by atoms with E-state index in [1.54, 1.807) is 11.8 Å². The molecule has 0 heterocycles. The number of amides is 2. The fourth-order valence-electron chi connectivity index (χ4n) is 1.33. The molecule has 0 fully saturated rings. The molecule has 0 spiro atoms. The van der Waals surface area contributed by atoms with Crippen molar-refractivity contribution in [3.05, 3.63) is 0 Å². The summed E-state index contributed by atoms with van der Waals surface area (Å²) in [4.78, 5) is 24.1. The quantitative estimate of drug-likeness (QED) is 0.699. The molecule has 5 nitrogen and oxygen atoms in total. The van der Waals surface area contributed by atoms with Gasteiger partial charge in [-0.25, -0.2) is 9.59 Å². The van der Waals surface area contributed by atoms with Crippen molar-refractivity contribution < 1.29 is 14.7 Å². The van der Waals surface area contributed by atoms with Crippen LogP contribution in [0.25, 0.3) is 0 Å². The van der Waals surface area contributed by atoms with Crippen LogP contribution in [0.15, 0.2) is 0 Å². The number of carboxylic acid groups (broad SMARTS) is 1. The molecule has 0 aromatic carbocycles. The zero-order valence-electron chi connectivity index (χ0n) is 10.3. The number of unbranched alkanes of at least 4 members (excludes halogenated alkanes) is 1. The van der Waals surface area contributed by atoms with E-state index in [0.29, 0.717) is 19.5 Å². The minimum absolute atomic E-state index is 0.287.